The zero-order chi connectivity index (χ0) is 17.3. The van der Waals surface area contributed by atoms with Crippen LogP contribution in [0.2, 0.25) is 0 Å². The number of benzene rings is 1. The minimum atomic E-state index is 0.253. The number of nitriles is 1. The van der Waals surface area contributed by atoms with E-state index in [4.69, 9.17) is 10.5 Å². The summed E-state index contributed by atoms with van der Waals surface area (Å²) in [5.74, 6) is 1.03. The van der Waals surface area contributed by atoms with Crippen LogP contribution in [0.25, 0.3) is 22.4 Å². The second-order valence-corrected chi connectivity index (χ2v) is 5.55. The molecule has 3 aromatic rings. The van der Waals surface area contributed by atoms with Gasteiger partial charge in [-0.2, -0.15) is 5.26 Å². The highest BCUT2D eigenvalue weighted by atomic mass is 16.5. The van der Waals surface area contributed by atoms with E-state index in [0.29, 0.717) is 5.56 Å². The fourth-order valence-electron chi connectivity index (χ4n) is 2.93. The number of ether oxygens (including phenoxy) is 1. The normalized spacial score (nSPS) is 10.4. The lowest BCUT2D eigenvalue weighted by Gasteiger charge is -2.17. The van der Waals surface area contributed by atoms with Crippen molar-refractivity contribution in [2.75, 3.05) is 12.8 Å². The Morgan fingerprint density at radius 2 is 1.88 bits per heavy atom. The Kier molecular flexibility index (Phi) is 3.97. The molecule has 24 heavy (non-hydrogen) atoms. The predicted molar refractivity (Wildman–Crippen MR) is 94.5 cm³/mol. The topological polar surface area (TPSA) is 76.9 Å². The third kappa shape index (κ3) is 2.48. The molecule has 120 valence electrons. The molecule has 0 saturated heterocycles. The summed E-state index contributed by atoms with van der Waals surface area (Å²) >= 11 is 0. The summed E-state index contributed by atoms with van der Waals surface area (Å²) in [7, 11) is 3.58. The molecular weight excluding hydrogens is 300 g/mol. The number of aryl methyl sites for hydroxylation is 2. The third-order valence-corrected chi connectivity index (χ3v) is 4.10. The molecule has 1 aromatic carbocycles. The summed E-state index contributed by atoms with van der Waals surface area (Å²) in [6.07, 6.45) is 1.94. The first kappa shape index (κ1) is 15.6. The Balaban J connectivity index is 2.36. The molecule has 0 aliphatic carbocycles. The molecule has 5 nitrogen and oxygen atoms in total. The standard InChI is InChI=1S/C19H18N4O/c1-12-17(13-6-8-14(24-3)9-7-13)18(15(11-20)19(21)22-12)16-5-4-10-23(16)2/h4-10H,1-3H3,(H2,21,22). The van der Waals surface area contributed by atoms with Crippen molar-refractivity contribution in [1.82, 2.24) is 9.55 Å². The number of hydrogen-bond donors (Lipinski definition) is 1. The fourth-order valence-corrected chi connectivity index (χ4v) is 2.93. The summed E-state index contributed by atoms with van der Waals surface area (Å²) < 4.78 is 7.20. The molecule has 0 fully saturated rings. The number of nitrogens with zero attached hydrogens (tertiary/aromatic N) is 3. The van der Waals surface area contributed by atoms with Gasteiger partial charge in [0, 0.05) is 35.8 Å². The molecule has 2 aromatic heterocycles. The van der Waals surface area contributed by atoms with Crippen molar-refractivity contribution in [3.05, 3.63) is 53.9 Å². The van der Waals surface area contributed by atoms with E-state index in [1.807, 2.05) is 61.1 Å². The molecule has 0 amide bonds. The van der Waals surface area contributed by atoms with Gasteiger partial charge in [-0.25, -0.2) is 4.98 Å². The quantitative estimate of drug-likeness (QED) is 0.801. The van der Waals surface area contributed by atoms with Crippen LogP contribution in [-0.4, -0.2) is 16.7 Å². The average molecular weight is 318 g/mol. The van der Waals surface area contributed by atoms with E-state index in [0.717, 1.165) is 33.8 Å². The van der Waals surface area contributed by atoms with Crippen LogP contribution < -0.4 is 10.5 Å². The lowest BCUT2D eigenvalue weighted by Crippen LogP contribution is -2.05. The minimum Gasteiger partial charge on any atom is -0.497 e. The number of nitrogen functional groups attached to an aromatic ring is 1. The Morgan fingerprint density at radius 1 is 1.17 bits per heavy atom. The molecular formula is C19H18N4O. The Hall–Kier alpha value is -3.26. The van der Waals surface area contributed by atoms with Crippen LogP contribution in [0.1, 0.15) is 11.3 Å². The second-order valence-electron chi connectivity index (χ2n) is 5.55. The van der Waals surface area contributed by atoms with Crippen LogP contribution in [0, 0.1) is 18.3 Å². The molecule has 0 bridgehead atoms. The molecule has 0 atom stereocenters. The lowest BCUT2D eigenvalue weighted by atomic mass is 9.92. The smallest absolute Gasteiger partial charge is 0.142 e. The van der Waals surface area contributed by atoms with Crippen molar-refractivity contribution in [3.8, 4) is 34.2 Å². The van der Waals surface area contributed by atoms with E-state index < -0.39 is 0 Å². The van der Waals surface area contributed by atoms with Crippen molar-refractivity contribution in [2.45, 2.75) is 6.92 Å². The average Bonchev–Trinajstić information content (AvgIpc) is 3.00. The highest BCUT2D eigenvalue weighted by Gasteiger charge is 2.20. The molecule has 0 unspecified atom stereocenters. The number of rotatable bonds is 3. The maximum absolute atomic E-state index is 9.63. The first-order chi connectivity index (χ1) is 11.6. The van der Waals surface area contributed by atoms with Gasteiger partial charge in [0.2, 0.25) is 0 Å². The van der Waals surface area contributed by atoms with E-state index in [2.05, 4.69) is 11.1 Å². The SMILES string of the molecule is COc1ccc(-c2c(C)nc(N)c(C#N)c2-c2cccn2C)cc1. The van der Waals surface area contributed by atoms with Crippen molar-refractivity contribution < 1.29 is 4.74 Å². The van der Waals surface area contributed by atoms with Crippen LogP contribution in [0.15, 0.2) is 42.6 Å². The van der Waals surface area contributed by atoms with Gasteiger partial charge in [0.1, 0.15) is 23.2 Å². The molecule has 3 rings (SSSR count). The van der Waals surface area contributed by atoms with Gasteiger partial charge in [-0.1, -0.05) is 12.1 Å². The van der Waals surface area contributed by atoms with Crippen molar-refractivity contribution in [1.29, 1.82) is 5.26 Å². The number of pyridine rings is 1. The first-order valence-electron chi connectivity index (χ1n) is 7.53. The molecule has 0 saturated carbocycles. The zero-order valence-electron chi connectivity index (χ0n) is 13.9. The van der Waals surface area contributed by atoms with Crippen molar-refractivity contribution in [3.63, 3.8) is 0 Å². The van der Waals surface area contributed by atoms with Crippen LogP contribution >= 0.6 is 0 Å². The highest BCUT2D eigenvalue weighted by molar-refractivity contribution is 5.90. The molecule has 0 aliphatic heterocycles. The van der Waals surface area contributed by atoms with E-state index >= 15 is 0 Å². The molecule has 2 N–H and O–H groups in total. The second kappa shape index (κ2) is 6.09. The number of anilines is 1. The van der Waals surface area contributed by atoms with E-state index in [1.54, 1.807) is 7.11 Å². The first-order valence-corrected chi connectivity index (χ1v) is 7.53. The predicted octanol–water partition coefficient (Wildman–Crippen LogP) is 3.53. The molecule has 0 spiro atoms. The maximum Gasteiger partial charge on any atom is 0.142 e. The summed E-state index contributed by atoms with van der Waals surface area (Å²) in [5, 5.41) is 9.63. The Morgan fingerprint density at radius 3 is 2.42 bits per heavy atom. The Labute approximate surface area is 140 Å². The van der Waals surface area contributed by atoms with E-state index in [9.17, 15) is 5.26 Å². The van der Waals surface area contributed by atoms with E-state index in [-0.39, 0.29) is 5.82 Å². The van der Waals surface area contributed by atoms with Crippen LogP contribution in [0.4, 0.5) is 5.82 Å². The number of aromatic nitrogens is 2. The fraction of sp³-hybridized carbons (Fsp3) is 0.158. The lowest BCUT2D eigenvalue weighted by molar-refractivity contribution is 0.415. The van der Waals surface area contributed by atoms with Gasteiger partial charge in [0.25, 0.3) is 0 Å². The summed E-state index contributed by atoms with van der Waals surface area (Å²) in [6, 6.07) is 13.9. The van der Waals surface area contributed by atoms with Crippen LogP contribution in [0.3, 0.4) is 0 Å². The zero-order valence-corrected chi connectivity index (χ0v) is 13.9. The summed E-state index contributed by atoms with van der Waals surface area (Å²) in [5.41, 5.74) is 10.8. The summed E-state index contributed by atoms with van der Waals surface area (Å²) in [4.78, 5) is 4.38. The maximum atomic E-state index is 9.63. The van der Waals surface area contributed by atoms with Crippen LogP contribution in [0.5, 0.6) is 5.75 Å². The van der Waals surface area contributed by atoms with E-state index in [1.165, 1.54) is 0 Å². The molecule has 5 heteroatoms. The molecule has 0 radical (unpaired) electrons. The van der Waals surface area contributed by atoms with Gasteiger partial charge < -0.3 is 15.0 Å². The van der Waals surface area contributed by atoms with Gasteiger partial charge in [0.05, 0.1) is 7.11 Å². The largest absolute Gasteiger partial charge is 0.497 e. The van der Waals surface area contributed by atoms with Gasteiger partial charge in [-0.05, 0) is 36.8 Å². The van der Waals surface area contributed by atoms with Gasteiger partial charge >= 0.3 is 0 Å². The monoisotopic (exact) mass is 318 g/mol. The number of methoxy groups -OCH3 is 1. The van der Waals surface area contributed by atoms with Crippen molar-refractivity contribution in [2.24, 2.45) is 7.05 Å². The van der Waals surface area contributed by atoms with Gasteiger partial charge in [-0.3, -0.25) is 0 Å². The number of hydrogen-bond acceptors (Lipinski definition) is 4. The van der Waals surface area contributed by atoms with Crippen molar-refractivity contribution >= 4 is 5.82 Å². The van der Waals surface area contributed by atoms with Crippen LogP contribution in [-0.2, 0) is 7.05 Å². The Bertz CT molecular complexity index is 933. The third-order valence-electron chi connectivity index (χ3n) is 4.10. The number of nitrogens with two attached hydrogens (primary N) is 1. The highest BCUT2D eigenvalue weighted by Crippen LogP contribution is 2.39. The molecule has 2 heterocycles. The minimum absolute atomic E-state index is 0.253. The molecule has 0 aliphatic rings. The van der Waals surface area contributed by atoms with Gasteiger partial charge in [-0.15, -0.1) is 0 Å². The summed E-state index contributed by atoms with van der Waals surface area (Å²) in [6.45, 7) is 1.91. The van der Waals surface area contributed by atoms with Gasteiger partial charge in [0.15, 0.2) is 0 Å².